The lowest BCUT2D eigenvalue weighted by molar-refractivity contribution is 0.0944. The molecule has 2 amide bonds. The van der Waals surface area contributed by atoms with Crippen molar-refractivity contribution in [3.63, 3.8) is 0 Å². The van der Waals surface area contributed by atoms with E-state index in [1.807, 2.05) is 0 Å². The van der Waals surface area contributed by atoms with E-state index in [4.69, 9.17) is 8.83 Å². The van der Waals surface area contributed by atoms with Gasteiger partial charge in [0.05, 0.1) is 6.26 Å². The van der Waals surface area contributed by atoms with Crippen LogP contribution in [0.2, 0.25) is 0 Å². The van der Waals surface area contributed by atoms with Gasteiger partial charge in [-0.3, -0.25) is 14.9 Å². The second-order valence-electron chi connectivity index (χ2n) is 4.74. The predicted octanol–water partition coefficient (Wildman–Crippen LogP) is 2.59. The van der Waals surface area contributed by atoms with Crippen LogP contribution < -0.4 is 10.6 Å². The molecule has 0 unspecified atom stereocenters. The molecule has 3 rings (SSSR count). The summed E-state index contributed by atoms with van der Waals surface area (Å²) in [5.74, 6) is -1.44. The van der Waals surface area contributed by atoms with Crippen LogP contribution in [0.5, 0.6) is 0 Å². The summed E-state index contributed by atoms with van der Waals surface area (Å²) in [5, 5.41) is 4.87. The first-order valence-corrected chi connectivity index (χ1v) is 6.95. The molecule has 2 N–H and O–H groups in total. The highest BCUT2D eigenvalue weighted by atomic mass is 19.1. The summed E-state index contributed by atoms with van der Waals surface area (Å²) < 4.78 is 23.4. The first-order chi connectivity index (χ1) is 11.6. The number of furan rings is 1. The lowest BCUT2D eigenvalue weighted by Gasteiger charge is -2.03. The Balaban J connectivity index is 1.59. The maximum Gasteiger partial charge on any atom is 0.302 e. The first-order valence-electron chi connectivity index (χ1n) is 6.95. The number of hydrogen-bond donors (Lipinski definition) is 2. The molecule has 0 aliphatic carbocycles. The largest absolute Gasteiger partial charge is 0.459 e. The number of nitrogens with zero attached hydrogens (tertiary/aromatic N) is 1. The van der Waals surface area contributed by atoms with Gasteiger partial charge >= 0.3 is 6.01 Å². The van der Waals surface area contributed by atoms with Crippen LogP contribution in [-0.2, 0) is 6.54 Å². The summed E-state index contributed by atoms with van der Waals surface area (Å²) in [6, 6.07) is 8.99. The van der Waals surface area contributed by atoms with E-state index >= 15 is 0 Å². The molecule has 122 valence electrons. The molecule has 7 nitrogen and oxygen atoms in total. The first kappa shape index (κ1) is 15.5. The highest BCUT2D eigenvalue weighted by molar-refractivity contribution is 6.01. The van der Waals surface area contributed by atoms with Crippen molar-refractivity contribution in [2.45, 2.75) is 6.54 Å². The zero-order chi connectivity index (χ0) is 16.9. The van der Waals surface area contributed by atoms with Gasteiger partial charge in [0.2, 0.25) is 0 Å². The molecular weight excluding hydrogens is 317 g/mol. The maximum absolute atomic E-state index is 13.5. The summed E-state index contributed by atoms with van der Waals surface area (Å²) in [5.41, 5.74) is 0.307. The molecule has 0 aliphatic rings. The van der Waals surface area contributed by atoms with Crippen LogP contribution in [0.4, 0.5) is 10.4 Å². The summed E-state index contributed by atoms with van der Waals surface area (Å²) in [7, 11) is 0. The standard InChI is InChI=1S/C16H12FN3O4/c17-11-5-2-1-4-10(11)8-18-14(21)12-9-24-16(19-12)20-15(22)13-6-3-7-23-13/h1-7,9H,8H2,(H,18,21)(H,19,20,22). The third-order valence-electron chi connectivity index (χ3n) is 3.10. The molecule has 0 aliphatic heterocycles. The molecule has 2 heterocycles. The fourth-order valence-corrected chi connectivity index (χ4v) is 1.91. The van der Waals surface area contributed by atoms with E-state index in [0.717, 1.165) is 6.26 Å². The number of amides is 2. The van der Waals surface area contributed by atoms with Crippen molar-refractivity contribution in [2.75, 3.05) is 5.32 Å². The van der Waals surface area contributed by atoms with E-state index < -0.39 is 17.6 Å². The van der Waals surface area contributed by atoms with E-state index in [1.165, 1.54) is 18.4 Å². The van der Waals surface area contributed by atoms with Gasteiger partial charge in [0.25, 0.3) is 11.8 Å². The lowest BCUT2D eigenvalue weighted by atomic mass is 10.2. The topological polar surface area (TPSA) is 97.4 Å². The lowest BCUT2D eigenvalue weighted by Crippen LogP contribution is -2.23. The molecule has 2 aromatic heterocycles. The van der Waals surface area contributed by atoms with Crippen molar-refractivity contribution in [1.82, 2.24) is 10.3 Å². The number of aromatic nitrogens is 1. The van der Waals surface area contributed by atoms with Crippen molar-refractivity contribution in [1.29, 1.82) is 0 Å². The minimum atomic E-state index is -0.555. The van der Waals surface area contributed by atoms with Gasteiger partial charge in [-0.15, -0.1) is 0 Å². The number of carbonyl (C=O) groups is 2. The number of rotatable bonds is 5. The van der Waals surface area contributed by atoms with Gasteiger partial charge in [-0.05, 0) is 18.2 Å². The average molecular weight is 329 g/mol. The van der Waals surface area contributed by atoms with Crippen LogP contribution in [0.1, 0.15) is 26.6 Å². The van der Waals surface area contributed by atoms with E-state index in [9.17, 15) is 14.0 Å². The van der Waals surface area contributed by atoms with Gasteiger partial charge in [0.15, 0.2) is 11.5 Å². The summed E-state index contributed by atoms with van der Waals surface area (Å²) >= 11 is 0. The Hall–Kier alpha value is -3.42. The molecule has 0 fully saturated rings. The summed E-state index contributed by atoms with van der Waals surface area (Å²) in [6.45, 7) is 0.00640. The number of anilines is 1. The van der Waals surface area contributed by atoms with Crippen molar-refractivity contribution >= 4 is 17.8 Å². The molecule has 0 saturated heterocycles. The number of benzene rings is 1. The van der Waals surface area contributed by atoms with Crippen LogP contribution in [0.3, 0.4) is 0 Å². The number of nitrogens with one attached hydrogen (secondary N) is 2. The number of oxazole rings is 1. The van der Waals surface area contributed by atoms with Gasteiger partial charge in [0.1, 0.15) is 12.1 Å². The molecule has 1 aromatic carbocycles. The Morgan fingerprint density at radius 2 is 1.92 bits per heavy atom. The number of carbonyl (C=O) groups excluding carboxylic acids is 2. The van der Waals surface area contributed by atoms with Gasteiger partial charge in [-0.2, -0.15) is 4.98 Å². The van der Waals surface area contributed by atoms with Gasteiger partial charge in [-0.25, -0.2) is 4.39 Å². The van der Waals surface area contributed by atoms with Crippen molar-refractivity contribution in [3.8, 4) is 0 Å². The van der Waals surface area contributed by atoms with Crippen molar-refractivity contribution < 1.29 is 22.8 Å². The molecule has 24 heavy (non-hydrogen) atoms. The van der Waals surface area contributed by atoms with Gasteiger partial charge in [0, 0.05) is 12.1 Å². The van der Waals surface area contributed by atoms with Crippen LogP contribution in [0, 0.1) is 5.82 Å². The fourth-order valence-electron chi connectivity index (χ4n) is 1.91. The highest BCUT2D eigenvalue weighted by Gasteiger charge is 2.16. The normalized spacial score (nSPS) is 10.4. The quantitative estimate of drug-likeness (QED) is 0.750. The third-order valence-corrected chi connectivity index (χ3v) is 3.10. The molecule has 0 atom stereocenters. The second kappa shape index (κ2) is 6.78. The third kappa shape index (κ3) is 3.49. The average Bonchev–Trinajstić information content (AvgIpc) is 3.25. The minimum absolute atomic E-state index is 0.00640. The van der Waals surface area contributed by atoms with Gasteiger partial charge < -0.3 is 14.2 Å². The smallest absolute Gasteiger partial charge is 0.302 e. The number of halogens is 1. The van der Waals surface area contributed by atoms with Crippen molar-refractivity contribution in [2.24, 2.45) is 0 Å². The number of hydrogen-bond acceptors (Lipinski definition) is 5. The molecule has 0 radical (unpaired) electrons. The molecule has 0 spiro atoms. The van der Waals surface area contributed by atoms with Crippen LogP contribution in [-0.4, -0.2) is 16.8 Å². The van der Waals surface area contributed by atoms with E-state index in [0.29, 0.717) is 5.56 Å². The Bertz CT molecular complexity index is 858. The Kier molecular flexibility index (Phi) is 4.37. The fraction of sp³-hybridized carbons (Fsp3) is 0.0625. The minimum Gasteiger partial charge on any atom is -0.459 e. The highest BCUT2D eigenvalue weighted by Crippen LogP contribution is 2.11. The zero-order valence-corrected chi connectivity index (χ0v) is 12.3. The van der Waals surface area contributed by atoms with E-state index in [2.05, 4.69) is 15.6 Å². The molecule has 3 aromatic rings. The molecule has 8 heteroatoms. The summed E-state index contributed by atoms with van der Waals surface area (Å²) in [4.78, 5) is 27.6. The Labute approximate surface area is 135 Å². The van der Waals surface area contributed by atoms with E-state index in [-0.39, 0.29) is 24.0 Å². The SMILES string of the molecule is O=C(NCc1ccccc1F)c1coc(NC(=O)c2ccco2)n1. The van der Waals surface area contributed by atoms with Gasteiger partial charge in [-0.1, -0.05) is 18.2 Å². The molecule has 0 saturated carbocycles. The second-order valence-corrected chi connectivity index (χ2v) is 4.74. The van der Waals surface area contributed by atoms with Crippen LogP contribution >= 0.6 is 0 Å². The van der Waals surface area contributed by atoms with Crippen LogP contribution in [0.25, 0.3) is 0 Å². The predicted molar refractivity (Wildman–Crippen MR) is 80.7 cm³/mol. The Morgan fingerprint density at radius 3 is 2.67 bits per heavy atom. The van der Waals surface area contributed by atoms with Crippen molar-refractivity contribution in [3.05, 3.63) is 71.8 Å². The Morgan fingerprint density at radius 1 is 1.08 bits per heavy atom. The summed E-state index contributed by atoms with van der Waals surface area (Å²) in [6.07, 6.45) is 2.44. The molecular formula is C16H12FN3O4. The molecule has 0 bridgehead atoms. The maximum atomic E-state index is 13.5. The zero-order valence-electron chi connectivity index (χ0n) is 12.3. The monoisotopic (exact) mass is 329 g/mol. The van der Waals surface area contributed by atoms with Crippen LogP contribution in [0.15, 0.2) is 57.8 Å². The van der Waals surface area contributed by atoms with E-state index in [1.54, 1.807) is 24.3 Å².